The van der Waals surface area contributed by atoms with Crippen LogP contribution < -0.4 is 27.4 Å². The van der Waals surface area contributed by atoms with E-state index in [1.54, 1.807) is 13.8 Å². The zero-order valence-corrected chi connectivity index (χ0v) is 17.5. The molecular formula is C17H33N5O5S. The third-order valence-electron chi connectivity index (χ3n) is 4.09. The van der Waals surface area contributed by atoms with Gasteiger partial charge in [0.1, 0.15) is 18.1 Å². The summed E-state index contributed by atoms with van der Waals surface area (Å²) in [4.78, 5) is 48.0. The summed E-state index contributed by atoms with van der Waals surface area (Å²) in [6.45, 7) is 5.33. The molecule has 0 spiro atoms. The second kappa shape index (κ2) is 13.3. The molecule has 0 aromatic carbocycles. The Kier molecular flexibility index (Phi) is 12.5. The van der Waals surface area contributed by atoms with E-state index in [2.05, 4.69) is 28.6 Å². The quantitative estimate of drug-likeness (QED) is 0.142. The normalized spacial score (nSPS) is 15.2. The highest BCUT2D eigenvalue weighted by Crippen LogP contribution is 2.06. The minimum absolute atomic E-state index is 0.123. The number of hydrogen-bond acceptors (Lipinski definition) is 7. The van der Waals surface area contributed by atoms with E-state index in [9.17, 15) is 24.3 Å². The lowest BCUT2D eigenvalue weighted by Gasteiger charge is -2.26. The van der Waals surface area contributed by atoms with Crippen molar-refractivity contribution in [2.24, 2.45) is 17.4 Å². The minimum atomic E-state index is -1.15. The zero-order chi connectivity index (χ0) is 21.9. The van der Waals surface area contributed by atoms with Crippen LogP contribution in [0, 0.1) is 5.92 Å². The fraction of sp³-hybridized carbons (Fsp3) is 0.765. The Bertz CT molecular complexity index is 546. The van der Waals surface area contributed by atoms with Crippen molar-refractivity contribution in [1.29, 1.82) is 0 Å². The van der Waals surface area contributed by atoms with Gasteiger partial charge in [0, 0.05) is 5.75 Å². The van der Waals surface area contributed by atoms with E-state index in [0.717, 1.165) is 0 Å². The van der Waals surface area contributed by atoms with Gasteiger partial charge in [-0.05, 0) is 38.6 Å². The number of nitrogens with two attached hydrogens (primary N) is 2. The summed E-state index contributed by atoms with van der Waals surface area (Å²) < 4.78 is 0. The van der Waals surface area contributed by atoms with Gasteiger partial charge in [0.15, 0.2) is 0 Å². The molecule has 10 nitrogen and oxygen atoms in total. The predicted molar refractivity (Wildman–Crippen MR) is 109 cm³/mol. The molecule has 0 saturated heterocycles. The molecule has 28 heavy (non-hydrogen) atoms. The highest BCUT2D eigenvalue weighted by Gasteiger charge is 2.30. The molecule has 8 N–H and O–H groups in total. The van der Waals surface area contributed by atoms with E-state index < -0.39 is 47.9 Å². The average Bonchev–Trinajstić information content (AvgIpc) is 2.63. The Morgan fingerprint density at radius 2 is 1.57 bits per heavy atom. The van der Waals surface area contributed by atoms with Gasteiger partial charge in [0.2, 0.25) is 17.7 Å². The first kappa shape index (κ1) is 26.1. The standard InChI is InChI=1S/C17H33N5O5S/c1-9(2)13(16(25)21-12(17(26)27)6-4-5-7-18)22-14(23)10(3)20-15(24)11(19)8-28/h9-13,28H,4-8,18-19H2,1-3H3,(H,20,24)(H,21,25)(H,22,23)(H,26,27). The van der Waals surface area contributed by atoms with Crippen molar-refractivity contribution in [1.82, 2.24) is 16.0 Å². The highest BCUT2D eigenvalue weighted by atomic mass is 32.1. The first-order valence-corrected chi connectivity index (χ1v) is 9.88. The van der Waals surface area contributed by atoms with E-state index in [4.69, 9.17) is 11.5 Å². The smallest absolute Gasteiger partial charge is 0.326 e. The molecule has 0 radical (unpaired) electrons. The predicted octanol–water partition coefficient (Wildman–Crippen LogP) is -1.41. The third-order valence-corrected chi connectivity index (χ3v) is 4.49. The monoisotopic (exact) mass is 419 g/mol. The Morgan fingerprint density at radius 1 is 0.964 bits per heavy atom. The number of carboxylic acids is 1. The van der Waals surface area contributed by atoms with Crippen LogP contribution in [0.2, 0.25) is 0 Å². The van der Waals surface area contributed by atoms with Gasteiger partial charge < -0.3 is 32.5 Å². The van der Waals surface area contributed by atoms with Gasteiger partial charge >= 0.3 is 5.97 Å². The zero-order valence-electron chi connectivity index (χ0n) is 16.6. The van der Waals surface area contributed by atoms with Crippen LogP contribution in [0.3, 0.4) is 0 Å². The molecule has 4 atom stereocenters. The van der Waals surface area contributed by atoms with Crippen molar-refractivity contribution in [3.63, 3.8) is 0 Å². The maximum atomic E-state index is 12.5. The van der Waals surface area contributed by atoms with Gasteiger partial charge in [-0.3, -0.25) is 14.4 Å². The molecular weight excluding hydrogens is 386 g/mol. The maximum absolute atomic E-state index is 12.5. The lowest BCUT2D eigenvalue weighted by molar-refractivity contribution is -0.142. The number of carboxylic acid groups (broad SMARTS) is 1. The summed E-state index contributed by atoms with van der Waals surface area (Å²) in [5.41, 5.74) is 10.9. The minimum Gasteiger partial charge on any atom is -0.480 e. The fourth-order valence-corrected chi connectivity index (χ4v) is 2.46. The molecule has 3 amide bonds. The molecule has 0 aliphatic carbocycles. The molecule has 4 unspecified atom stereocenters. The number of rotatable bonds is 13. The largest absolute Gasteiger partial charge is 0.480 e. The number of carbonyl (C=O) groups excluding carboxylic acids is 3. The van der Waals surface area contributed by atoms with Gasteiger partial charge in [-0.1, -0.05) is 13.8 Å². The second-order valence-corrected chi connectivity index (χ2v) is 7.30. The van der Waals surface area contributed by atoms with Crippen molar-refractivity contribution in [2.45, 2.75) is 64.2 Å². The van der Waals surface area contributed by atoms with Crippen LogP contribution in [0.4, 0.5) is 0 Å². The molecule has 0 bridgehead atoms. The average molecular weight is 420 g/mol. The van der Waals surface area contributed by atoms with Crippen molar-refractivity contribution < 1.29 is 24.3 Å². The Labute approximate surface area is 171 Å². The summed E-state index contributed by atoms with van der Waals surface area (Å²) in [6.07, 6.45) is 1.45. The molecule has 0 heterocycles. The number of hydrogen-bond donors (Lipinski definition) is 7. The van der Waals surface area contributed by atoms with Gasteiger partial charge in [0.05, 0.1) is 6.04 Å². The number of nitrogens with one attached hydrogen (secondary N) is 3. The second-order valence-electron chi connectivity index (χ2n) is 6.93. The summed E-state index contributed by atoms with van der Waals surface area (Å²) in [5, 5.41) is 16.7. The molecule has 0 aliphatic heterocycles. The Hall–Kier alpha value is -1.85. The summed E-state index contributed by atoms with van der Waals surface area (Å²) in [5.74, 6) is -3.05. The molecule has 11 heteroatoms. The number of carbonyl (C=O) groups is 4. The fourth-order valence-electron chi connectivity index (χ4n) is 2.29. The molecule has 162 valence electrons. The number of aliphatic carboxylic acids is 1. The van der Waals surface area contributed by atoms with Crippen LogP contribution in [-0.2, 0) is 19.2 Å². The van der Waals surface area contributed by atoms with Gasteiger partial charge in [-0.15, -0.1) is 0 Å². The molecule has 0 rings (SSSR count). The van der Waals surface area contributed by atoms with Gasteiger partial charge in [-0.25, -0.2) is 4.79 Å². The molecule has 0 saturated carbocycles. The number of amides is 3. The van der Waals surface area contributed by atoms with Crippen LogP contribution in [-0.4, -0.2) is 65.3 Å². The number of thiol groups is 1. The van der Waals surface area contributed by atoms with E-state index in [1.165, 1.54) is 6.92 Å². The maximum Gasteiger partial charge on any atom is 0.326 e. The molecule has 0 fully saturated rings. The third kappa shape index (κ3) is 9.38. The highest BCUT2D eigenvalue weighted by molar-refractivity contribution is 7.80. The van der Waals surface area contributed by atoms with Crippen LogP contribution in [0.25, 0.3) is 0 Å². The van der Waals surface area contributed by atoms with Crippen LogP contribution in [0.15, 0.2) is 0 Å². The topological polar surface area (TPSA) is 177 Å². The summed E-state index contributed by atoms with van der Waals surface area (Å²) >= 11 is 3.92. The van der Waals surface area contributed by atoms with Crippen molar-refractivity contribution >= 4 is 36.3 Å². The molecule has 0 aliphatic rings. The van der Waals surface area contributed by atoms with Gasteiger partial charge in [0.25, 0.3) is 0 Å². The summed E-state index contributed by atoms with van der Waals surface area (Å²) in [7, 11) is 0. The Morgan fingerprint density at radius 3 is 2.04 bits per heavy atom. The lowest BCUT2D eigenvalue weighted by atomic mass is 10.0. The van der Waals surface area contributed by atoms with E-state index in [0.29, 0.717) is 19.4 Å². The Balaban J connectivity index is 4.94. The van der Waals surface area contributed by atoms with E-state index in [-0.39, 0.29) is 18.1 Å². The number of unbranched alkanes of at least 4 members (excludes halogenated alkanes) is 1. The first-order chi connectivity index (χ1) is 13.0. The molecule has 0 aromatic rings. The summed E-state index contributed by atoms with van der Waals surface area (Å²) in [6, 6.07) is -3.80. The SMILES string of the molecule is CC(NC(=O)C(N)CS)C(=O)NC(C(=O)NC(CCCCN)C(=O)O)C(C)C. The van der Waals surface area contributed by atoms with E-state index in [1.807, 2.05) is 0 Å². The van der Waals surface area contributed by atoms with Crippen LogP contribution in [0.5, 0.6) is 0 Å². The van der Waals surface area contributed by atoms with Crippen molar-refractivity contribution in [2.75, 3.05) is 12.3 Å². The van der Waals surface area contributed by atoms with E-state index >= 15 is 0 Å². The van der Waals surface area contributed by atoms with Crippen LogP contribution in [0.1, 0.15) is 40.0 Å². The van der Waals surface area contributed by atoms with Crippen molar-refractivity contribution in [3.05, 3.63) is 0 Å². The first-order valence-electron chi connectivity index (χ1n) is 9.25. The van der Waals surface area contributed by atoms with Crippen molar-refractivity contribution in [3.8, 4) is 0 Å². The van der Waals surface area contributed by atoms with Crippen LogP contribution >= 0.6 is 12.6 Å². The van der Waals surface area contributed by atoms with Gasteiger partial charge in [-0.2, -0.15) is 12.6 Å². The molecule has 0 aromatic heterocycles. The lowest BCUT2D eigenvalue weighted by Crippen LogP contribution is -2.57.